The van der Waals surface area contributed by atoms with Crippen LogP contribution in [0.3, 0.4) is 0 Å². The predicted molar refractivity (Wildman–Crippen MR) is 87.3 cm³/mol. The van der Waals surface area contributed by atoms with Crippen molar-refractivity contribution >= 4 is 16.9 Å². The third-order valence-electron chi connectivity index (χ3n) is 4.82. The molecule has 0 saturated heterocycles. The minimum Gasteiger partial charge on any atom is -0.379 e. The van der Waals surface area contributed by atoms with E-state index in [2.05, 4.69) is 35.3 Å². The average Bonchev–Trinajstić information content (AvgIpc) is 3.00. The molecule has 1 aliphatic carbocycles. The van der Waals surface area contributed by atoms with Crippen LogP contribution in [0.25, 0.3) is 11.1 Å². The molecule has 0 unspecified atom stereocenters. The maximum atomic E-state index is 6.01. The topological polar surface area (TPSA) is 67.1 Å². The number of aliphatic imine (C=N–C) groups is 1. The molecule has 1 aliphatic heterocycles. The van der Waals surface area contributed by atoms with Crippen molar-refractivity contribution < 1.29 is 0 Å². The highest BCUT2D eigenvalue weighted by molar-refractivity contribution is 8.13. The SMILES string of the molecule is C[C@]12N=C(N)SC[C@H]1CCc1ccc(-c3cn[nH]c3)cc12. The average molecular weight is 298 g/mol. The van der Waals surface area contributed by atoms with Gasteiger partial charge in [-0.15, -0.1) is 0 Å². The highest BCUT2D eigenvalue weighted by Crippen LogP contribution is 2.47. The first-order chi connectivity index (χ1) is 10.2. The van der Waals surface area contributed by atoms with E-state index in [4.69, 9.17) is 10.7 Å². The Morgan fingerprint density at radius 1 is 1.38 bits per heavy atom. The zero-order valence-electron chi connectivity index (χ0n) is 12.0. The first-order valence-corrected chi connectivity index (χ1v) is 8.26. The molecule has 5 heteroatoms. The maximum Gasteiger partial charge on any atom is 0.154 e. The van der Waals surface area contributed by atoms with Crippen LogP contribution < -0.4 is 5.73 Å². The number of aromatic amines is 1. The molecule has 0 bridgehead atoms. The van der Waals surface area contributed by atoms with Gasteiger partial charge in [0.2, 0.25) is 0 Å². The summed E-state index contributed by atoms with van der Waals surface area (Å²) in [5, 5.41) is 7.64. The van der Waals surface area contributed by atoms with Crippen molar-refractivity contribution in [2.75, 3.05) is 5.75 Å². The van der Waals surface area contributed by atoms with Crippen LogP contribution >= 0.6 is 11.8 Å². The lowest BCUT2D eigenvalue weighted by atomic mass is 9.70. The van der Waals surface area contributed by atoms with Crippen LogP contribution in [0.2, 0.25) is 0 Å². The van der Waals surface area contributed by atoms with Gasteiger partial charge in [-0.05, 0) is 48.4 Å². The molecular weight excluding hydrogens is 280 g/mol. The molecule has 108 valence electrons. The second kappa shape index (κ2) is 4.63. The standard InChI is InChI=1S/C16H18N4S/c1-16-13(9-21-15(17)20-16)5-4-10-2-3-11(6-14(10)16)12-7-18-19-8-12/h2-3,6-8,13H,4-5,9H2,1H3,(H2,17,20)(H,18,19)/t13-,16+/m1/s1. The Morgan fingerprint density at radius 3 is 3.10 bits per heavy atom. The lowest BCUT2D eigenvalue weighted by Crippen LogP contribution is -2.41. The fourth-order valence-corrected chi connectivity index (χ4v) is 4.65. The molecule has 21 heavy (non-hydrogen) atoms. The highest BCUT2D eigenvalue weighted by atomic mass is 32.2. The number of aromatic nitrogens is 2. The number of hydrogen-bond donors (Lipinski definition) is 2. The second-order valence-corrected chi connectivity index (χ2v) is 7.04. The Labute approximate surface area is 128 Å². The van der Waals surface area contributed by atoms with E-state index in [-0.39, 0.29) is 5.54 Å². The van der Waals surface area contributed by atoms with Crippen LogP contribution in [0.4, 0.5) is 0 Å². The van der Waals surface area contributed by atoms with Crippen molar-refractivity contribution in [2.24, 2.45) is 16.6 Å². The summed E-state index contributed by atoms with van der Waals surface area (Å²) in [5.74, 6) is 1.64. The summed E-state index contributed by atoms with van der Waals surface area (Å²) in [5.41, 5.74) is 10.9. The number of amidine groups is 1. The second-order valence-electron chi connectivity index (χ2n) is 6.00. The van der Waals surface area contributed by atoms with E-state index in [1.807, 2.05) is 12.4 Å². The summed E-state index contributed by atoms with van der Waals surface area (Å²) >= 11 is 1.69. The Balaban J connectivity index is 1.88. The molecule has 1 aromatic heterocycles. The van der Waals surface area contributed by atoms with Gasteiger partial charge in [0.25, 0.3) is 0 Å². The maximum absolute atomic E-state index is 6.01. The lowest BCUT2D eigenvalue weighted by molar-refractivity contribution is 0.292. The van der Waals surface area contributed by atoms with Crippen LogP contribution in [-0.2, 0) is 12.0 Å². The normalized spacial score (nSPS) is 27.7. The molecule has 2 heterocycles. The van der Waals surface area contributed by atoms with Crippen molar-refractivity contribution in [1.29, 1.82) is 0 Å². The number of nitrogens with zero attached hydrogens (tertiary/aromatic N) is 2. The molecule has 1 aromatic carbocycles. The smallest absolute Gasteiger partial charge is 0.154 e. The molecule has 2 aromatic rings. The zero-order valence-corrected chi connectivity index (χ0v) is 12.8. The number of nitrogens with one attached hydrogen (secondary N) is 1. The van der Waals surface area contributed by atoms with Crippen LogP contribution in [0, 0.1) is 5.92 Å². The molecule has 0 amide bonds. The molecule has 2 atom stereocenters. The molecule has 0 saturated carbocycles. The van der Waals surface area contributed by atoms with Crippen molar-refractivity contribution in [3.05, 3.63) is 41.7 Å². The Morgan fingerprint density at radius 2 is 2.29 bits per heavy atom. The number of nitrogens with two attached hydrogens (primary N) is 1. The highest BCUT2D eigenvalue weighted by Gasteiger charge is 2.42. The molecule has 4 nitrogen and oxygen atoms in total. The van der Waals surface area contributed by atoms with Crippen LogP contribution in [0.5, 0.6) is 0 Å². The molecule has 2 aliphatic rings. The van der Waals surface area contributed by atoms with Crippen molar-refractivity contribution in [3.63, 3.8) is 0 Å². The van der Waals surface area contributed by atoms with Crippen molar-refractivity contribution in [1.82, 2.24) is 10.2 Å². The number of fused-ring (bicyclic) bond motifs is 3. The van der Waals surface area contributed by atoms with Gasteiger partial charge in [0.1, 0.15) is 0 Å². The van der Waals surface area contributed by atoms with Gasteiger partial charge < -0.3 is 5.73 Å². The van der Waals surface area contributed by atoms with Crippen molar-refractivity contribution in [3.8, 4) is 11.1 Å². The van der Waals surface area contributed by atoms with Crippen LogP contribution in [0.1, 0.15) is 24.5 Å². The fourth-order valence-electron chi connectivity index (χ4n) is 3.53. The van der Waals surface area contributed by atoms with Gasteiger partial charge in [0.05, 0.1) is 11.7 Å². The Bertz CT molecular complexity index is 707. The molecule has 3 N–H and O–H groups in total. The molecule has 0 radical (unpaired) electrons. The van der Waals surface area contributed by atoms with E-state index in [0.29, 0.717) is 5.92 Å². The monoisotopic (exact) mass is 298 g/mol. The van der Waals surface area contributed by atoms with Crippen molar-refractivity contribution in [2.45, 2.75) is 25.3 Å². The lowest BCUT2D eigenvalue weighted by Gasteiger charge is -2.42. The summed E-state index contributed by atoms with van der Waals surface area (Å²) in [4.78, 5) is 4.83. The summed E-state index contributed by atoms with van der Waals surface area (Å²) in [6.07, 6.45) is 6.12. The number of hydrogen-bond acceptors (Lipinski definition) is 4. The first kappa shape index (κ1) is 13.0. The van der Waals surface area contributed by atoms with E-state index < -0.39 is 0 Å². The quantitative estimate of drug-likeness (QED) is 0.850. The zero-order chi connectivity index (χ0) is 14.4. The van der Waals surface area contributed by atoms with Gasteiger partial charge in [-0.25, -0.2) is 0 Å². The Hall–Kier alpha value is -1.75. The summed E-state index contributed by atoms with van der Waals surface area (Å²) < 4.78 is 0. The number of aryl methyl sites for hydroxylation is 1. The van der Waals surface area contributed by atoms with Crippen LogP contribution in [0.15, 0.2) is 35.6 Å². The fraction of sp³-hybridized carbons (Fsp3) is 0.375. The molecule has 4 rings (SSSR count). The van der Waals surface area contributed by atoms with Gasteiger partial charge in [-0.1, -0.05) is 23.9 Å². The minimum atomic E-state index is -0.178. The third-order valence-corrected chi connectivity index (χ3v) is 5.77. The van der Waals surface area contributed by atoms with E-state index in [9.17, 15) is 0 Å². The number of benzene rings is 1. The van der Waals surface area contributed by atoms with E-state index in [0.717, 1.165) is 22.9 Å². The van der Waals surface area contributed by atoms with Gasteiger partial charge in [-0.3, -0.25) is 10.1 Å². The summed E-state index contributed by atoms with van der Waals surface area (Å²) in [7, 11) is 0. The first-order valence-electron chi connectivity index (χ1n) is 7.27. The summed E-state index contributed by atoms with van der Waals surface area (Å²) in [6.45, 7) is 2.24. The number of H-pyrrole nitrogens is 1. The van der Waals surface area contributed by atoms with Gasteiger partial charge in [-0.2, -0.15) is 5.10 Å². The molecular formula is C16H18N4S. The molecule has 0 fully saturated rings. The van der Waals surface area contributed by atoms with E-state index in [1.54, 1.807) is 11.8 Å². The van der Waals surface area contributed by atoms with Gasteiger partial charge in [0.15, 0.2) is 5.17 Å². The van der Waals surface area contributed by atoms with Gasteiger partial charge >= 0.3 is 0 Å². The number of thioether (sulfide) groups is 1. The number of rotatable bonds is 1. The largest absolute Gasteiger partial charge is 0.379 e. The van der Waals surface area contributed by atoms with Crippen LogP contribution in [-0.4, -0.2) is 21.1 Å². The predicted octanol–water partition coefficient (Wildman–Crippen LogP) is 2.92. The van der Waals surface area contributed by atoms with E-state index in [1.165, 1.54) is 23.1 Å². The van der Waals surface area contributed by atoms with Gasteiger partial charge in [0, 0.05) is 17.5 Å². The van der Waals surface area contributed by atoms with E-state index >= 15 is 0 Å². The minimum absolute atomic E-state index is 0.178. The molecule has 0 spiro atoms. The Kier molecular flexibility index (Phi) is 2.85. The third kappa shape index (κ3) is 1.99. The summed E-state index contributed by atoms with van der Waals surface area (Å²) in [6, 6.07) is 6.70.